The van der Waals surface area contributed by atoms with Crippen LogP contribution < -0.4 is 5.32 Å². The first kappa shape index (κ1) is 20.2. The fourth-order valence-corrected chi connectivity index (χ4v) is 5.24. The lowest BCUT2D eigenvalue weighted by atomic mass is 9.77. The molecule has 29 heavy (non-hydrogen) atoms. The predicted molar refractivity (Wildman–Crippen MR) is 108 cm³/mol. The van der Waals surface area contributed by atoms with Gasteiger partial charge in [0, 0.05) is 18.3 Å². The Morgan fingerprint density at radius 3 is 2.52 bits per heavy atom. The van der Waals surface area contributed by atoms with Crippen molar-refractivity contribution in [3.8, 4) is 0 Å². The molecule has 0 spiro atoms. The molecular weight excluding hydrogens is 377 g/mol. The van der Waals surface area contributed by atoms with E-state index in [4.69, 9.17) is 0 Å². The third-order valence-electron chi connectivity index (χ3n) is 6.57. The van der Waals surface area contributed by atoms with Gasteiger partial charge in [0.2, 0.25) is 0 Å². The monoisotopic (exact) mass is 404 g/mol. The maximum atomic E-state index is 13.3. The molecule has 1 aliphatic heterocycles. The normalized spacial score (nSPS) is 26.1. The standard InChI is InChI=1S/C23H27F3N2O/c1-2-28(10-11-29)17-13-18-19-12-16(23(24,25)26)8-9-21(19)27-22(20(18)14-17)15-6-4-3-5-7-15/h3-9,12,17-18,20,22,27,29H,2,10-11,13-14H2,1H3/t17-,18+,20+,22-/m0/s1. The van der Waals surface area contributed by atoms with Gasteiger partial charge in [-0.05, 0) is 60.5 Å². The molecule has 1 fully saturated rings. The fraction of sp³-hybridized carbons (Fsp3) is 0.478. The highest BCUT2D eigenvalue weighted by atomic mass is 19.4. The first-order valence-electron chi connectivity index (χ1n) is 10.3. The molecule has 1 aliphatic carbocycles. The Labute approximate surface area is 169 Å². The van der Waals surface area contributed by atoms with E-state index in [2.05, 4.69) is 29.3 Å². The van der Waals surface area contributed by atoms with Crippen LogP contribution in [0.3, 0.4) is 0 Å². The number of alkyl halides is 3. The maximum absolute atomic E-state index is 13.3. The van der Waals surface area contributed by atoms with Gasteiger partial charge in [0.15, 0.2) is 0 Å². The molecule has 0 aromatic heterocycles. The van der Waals surface area contributed by atoms with Crippen LogP contribution in [0.15, 0.2) is 48.5 Å². The molecule has 156 valence electrons. The van der Waals surface area contributed by atoms with Crippen molar-refractivity contribution in [2.75, 3.05) is 25.0 Å². The van der Waals surface area contributed by atoms with E-state index in [-0.39, 0.29) is 30.5 Å². The predicted octanol–water partition coefficient (Wildman–Crippen LogP) is 5.05. The molecule has 2 aliphatic rings. The van der Waals surface area contributed by atoms with E-state index in [0.717, 1.165) is 30.6 Å². The Morgan fingerprint density at radius 2 is 1.86 bits per heavy atom. The molecule has 1 saturated carbocycles. The van der Waals surface area contributed by atoms with Gasteiger partial charge in [-0.3, -0.25) is 4.90 Å². The van der Waals surface area contributed by atoms with Crippen LogP contribution in [-0.2, 0) is 6.18 Å². The minimum absolute atomic E-state index is 0.0662. The van der Waals surface area contributed by atoms with Gasteiger partial charge in [-0.15, -0.1) is 0 Å². The van der Waals surface area contributed by atoms with Crippen LogP contribution in [0.1, 0.15) is 48.4 Å². The minimum atomic E-state index is -4.34. The number of benzene rings is 2. The number of anilines is 1. The number of rotatable bonds is 5. The van der Waals surface area contributed by atoms with E-state index in [1.54, 1.807) is 6.07 Å². The Hall–Kier alpha value is -2.05. The molecule has 0 bridgehead atoms. The molecule has 6 heteroatoms. The smallest absolute Gasteiger partial charge is 0.395 e. The summed E-state index contributed by atoms with van der Waals surface area (Å²) in [5.41, 5.74) is 2.17. The zero-order valence-corrected chi connectivity index (χ0v) is 16.5. The Balaban J connectivity index is 1.74. The van der Waals surface area contributed by atoms with E-state index in [1.807, 2.05) is 18.2 Å². The summed E-state index contributed by atoms with van der Waals surface area (Å²) in [6.07, 6.45) is -2.62. The highest BCUT2D eigenvalue weighted by molar-refractivity contribution is 5.59. The summed E-state index contributed by atoms with van der Waals surface area (Å²) in [6.45, 7) is 3.58. The molecule has 2 N–H and O–H groups in total. The highest BCUT2D eigenvalue weighted by Crippen LogP contribution is 2.54. The summed E-state index contributed by atoms with van der Waals surface area (Å²) < 4.78 is 40.0. The molecule has 4 rings (SSSR count). The summed E-state index contributed by atoms with van der Waals surface area (Å²) in [6, 6.07) is 14.6. The van der Waals surface area contributed by atoms with Crippen LogP contribution in [0.2, 0.25) is 0 Å². The number of likely N-dealkylation sites (N-methyl/N-ethyl adjacent to an activating group) is 1. The zero-order valence-electron chi connectivity index (χ0n) is 16.5. The Kier molecular flexibility index (Phi) is 5.58. The number of fused-ring (bicyclic) bond motifs is 3. The van der Waals surface area contributed by atoms with Crippen LogP contribution in [-0.4, -0.2) is 35.7 Å². The number of halogens is 3. The summed E-state index contributed by atoms with van der Waals surface area (Å²) in [5, 5.41) is 13.0. The van der Waals surface area contributed by atoms with Gasteiger partial charge in [0.1, 0.15) is 0 Å². The van der Waals surface area contributed by atoms with Gasteiger partial charge in [-0.2, -0.15) is 13.2 Å². The molecule has 0 saturated heterocycles. The quantitative estimate of drug-likeness (QED) is 0.732. The van der Waals surface area contributed by atoms with Crippen molar-refractivity contribution in [3.05, 3.63) is 65.2 Å². The second kappa shape index (κ2) is 8.00. The van der Waals surface area contributed by atoms with Crippen molar-refractivity contribution in [1.82, 2.24) is 4.90 Å². The average Bonchev–Trinajstić information content (AvgIpc) is 3.16. The SMILES string of the molecule is CCN(CCO)[C@@H]1C[C@@H]2[C@H](C1)c1cc(C(F)(F)F)ccc1N[C@H]2c1ccccc1. The topological polar surface area (TPSA) is 35.5 Å². The number of aliphatic hydroxyl groups is 1. The third kappa shape index (κ3) is 3.88. The molecular formula is C23H27F3N2O. The van der Waals surface area contributed by atoms with E-state index < -0.39 is 11.7 Å². The fourth-order valence-electron chi connectivity index (χ4n) is 5.24. The highest BCUT2D eigenvalue weighted by Gasteiger charge is 2.46. The van der Waals surface area contributed by atoms with Crippen LogP contribution in [0.4, 0.5) is 18.9 Å². The number of nitrogens with zero attached hydrogens (tertiary/aromatic N) is 1. The lowest BCUT2D eigenvalue weighted by Crippen LogP contribution is -2.36. The third-order valence-corrected chi connectivity index (χ3v) is 6.57. The minimum Gasteiger partial charge on any atom is -0.395 e. The van der Waals surface area contributed by atoms with Gasteiger partial charge in [0.25, 0.3) is 0 Å². The van der Waals surface area contributed by atoms with Crippen LogP contribution in [0.25, 0.3) is 0 Å². The van der Waals surface area contributed by atoms with Crippen molar-refractivity contribution in [2.45, 2.75) is 43.9 Å². The summed E-state index contributed by atoms with van der Waals surface area (Å²) >= 11 is 0. The van der Waals surface area contributed by atoms with Gasteiger partial charge >= 0.3 is 6.18 Å². The van der Waals surface area contributed by atoms with Gasteiger partial charge in [-0.1, -0.05) is 37.3 Å². The number of hydrogen-bond acceptors (Lipinski definition) is 3. The van der Waals surface area contributed by atoms with Crippen molar-refractivity contribution in [2.24, 2.45) is 5.92 Å². The van der Waals surface area contributed by atoms with Crippen molar-refractivity contribution >= 4 is 5.69 Å². The van der Waals surface area contributed by atoms with E-state index >= 15 is 0 Å². The molecule has 0 unspecified atom stereocenters. The molecule has 1 heterocycles. The van der Waals surface area contributed by atoms with Gasteiger partial charge in [-0.25, -0.2) is 0 Å². The van der Waals surface area contributed by atoms with Crippen LogP contribution in [0, 0.1) is 5.92 Å². The van der Waals surface area contributed by atoms with Gasteiger partial charge in [0.05, 0.1) is 18.2 Å². The number of nitrogens with one attached hydrogen (secondary N) is 1. The van der Waals surface area contributed by atoms with E-state index in [1.165, 1.54) is 17.7 Å². The maximum Gasteiger partial charge on any atom is 0.416 e. The number of aliphatic hydroxyl groups excluding tert-OH is 1. The summed E-state index contributed by atoms with van der Waals surface area (Å²) in [7, 11) is 0. The largest absolute Gasteiger partial charge is 0.416 e. The van der Waals surface area contributed by atoms with Crippen LogP contribution >= 0.6 is 0 Å². The van der Waals surface area contributed by atoms with Crippen molar-refractivity contribution in [3.63, 3.8) is 0 Å². The average molecular weight is 404 g/mol. The first-order chi connectivity index (χ1) is 13.9. The molecule has 4 atom stereocenters. The lowest BCUT2D eigenvalue weighted by molar-refractivity contribution is -0.137. The van der Waals surface area contributed by atoms with E-state index in [9.17, 15) is 18.3 Å². The zero-order chi connectivity index (χ0) is 20.6. The van der Waals surface area contributed by atoms with Gasteiger partial charge < -0.3 is 10.4 Å². The summed E-state index contributed by atoms with van der Waals surface area (Å²) in [5.74, 6) is 0.280. The Morgan fingerprint density at radius 1 is 1.10 bits per heavy atom. The molecule has 2 aromatic carbocycles. The van der Waals surface area contributed by atoms with Crippen molar-refractivity contribution < 1.29 is 18.3 Å². The van der Waals surface area contributed by atoms with Crippen molar-refractivity contribution in [1.29, 1.82) is 0 Å². The first-order valence-corrected chi connectivity index (χ1v) is 10.3. The Bertz CT molecular complexity index is 840. The summed E-state index contributed by atoms with van der Waals surface area (Å²) in [4.78, 5) is 2.26. The molecule has 0 amide bonds. The molecule has 2 aromatic rings. The molecule has 0 radical (unpaired) electrons. The number of hydrogen-bond donors (Lipinski definition) is 2. The second-order valence-corrected chi connectivity index (χ2v) is 8.08. The van der Waals surface area contributed by atoms with Crippen LogP contribution in [0.5, 0.6) is 0 Å². The second-order valence-electron chi connectivity index (χ2n) is 8.08. The molecule has 3 nitrogen and oxygen atoms in total. The van der Waals surface area contributed by atoms with E-state index in [0.29, 0.717) is 6.54 Å². The lowest BCUT2D eigenvalue weighted by Gasteiger charge is -2.38.